The molecule has 0 aliphatic rings. The number of nitrogen functional groups attached to an aromatic ring is 1. The highest BCUT2D eigenvalue weighted by atomic mass is 16.5. The average molecular weight is 215 g/mol. The summed E-state index contributed by atoms with van der Waals surface area (Å²) in [4.78, 5) is 4.17. The van der Waals surface area contributed by atoms with Crippen LogP contribution in [-0.4, -0.2) is 10.1 Å². The molecule has 82 valence electrons. The fourth-order valence-electron chi connectivity index (χ4n) is 1.31. The van der Waals surface area contributed by atoms with Crippen molar-refractivity contribution in [2.75, 3.05) is 5.73 Å². The molecule has 0 aliphatic carbocycles. The van der Waals surface area contributed by atoms with Gasteiger partial charge in [-0.05, 0) is 23.8 Å². The molecule has 16 heavy (non-hydrogen) atoms. The second kappa shape index (κ2) is 4.61. The molecule has 0 atom stereocenters. The predicted molar refractivity (Wildman–Crippen MR) is 63.5 cm³/mol. The molecule has 1 aromatic heterocycles. The van der Waals surface area contributed by atoms with Crippen LogP contribution in [-0.2, 0) is 6.42 Å². The van der Waals surface area contributed by atoms with Gasteiger partial charge in [-0.1, -0.05) is 24.2 Å². The van der Waals surface area contributed by atoms with Crippen LogP contribution >= 0.6 is 0 Å². The van der Waals surface area contributed by atoms with Crippen LogP contribution in [0.2, 0.25) is 0 Å². The molecular weight excluding hydrogens is 202 g/mol. The predicted octanol–water partition coefficient (Wildman–Crippen LogP) is 2.38. The molecule has 0 amide bonds. The zero-order valence-electron chi connectivity index (χ0n) is 9.05. The summed E-state index contributed by atoms with van der Waals surface area (Å²) >= 11 is 0. The van der Waals surface area contributed by atoms with Crippen molar-refractivity contribution >= 4 is 17.8 Å². The number of hydrogen-bond donors (Lipinski definition) is 1. The normalized spacial score (nSPS) is 11.1. The maximum absolute atomic E-state index is 5.67. The van der Waals surface area contributed by atoms with Crippen molar-refractivity contribution in [2.24, 2.45) is 0 Å². The van der Waals surface area contributed by atoms with Crippen LogP contribution in [0, 0.1) is 0 Å². The summed E-state index contributed by atoms with van der Waals surface area (Å²) in [5.74, 6) is 1.23. The molecule has 4 heteroatoms. The van der Waals surface area contributed by atoms with Gasteiger partial charge in [-0.2, -0.15) is 4.98 Å². The first-order valence-corrected chi connectivity index (χ1v) is 5.14. The Morgan fingerprint density at radius 2 is 2.25 bits per heavy atom. The average Bonchev–Trinajstić information content (AvgIpc) is 2.74. The smallest absolute Gasteiger partial charge is 0.250 e. The van der Waals surface area contributed by atoms with E-state index < -0.39 is 0 Å². The molecule has 1 heterocycles. The minimum absolute atomic E-state index is 0.513. The van der Waals surface area contributed by atoms with Crippen molar-refractivity contribution in [3.05, 3.63) is 41.5 Å². The standard InChI is InChI=1S/C12H13N3O/c1-2-11-14-12(16-15-11)7-6-9-4-3-5-10(13)8-9/h3-8H,2,13H2,1H3/b7-6+. The van der Waals surface area contributed by atoms with E-state index in [4.69, 9.17) is 10.3 Å². The van der Waals surface area contributed by atoms with Crippen molar-refractivity contribution in [3.63, 3.8) is 0 Å². The molecule has 0 aliphatic heterocycles. The number of hydrogen-bond acceptors (Lipinski definition) is 4. The number of aryl methyl sites for hydroxylation is 1. The molecule has 0 unspecified atom stereocenters. The molecule has 0 bridgehead atoms. The number of benzene rings is 1. The van der Waals surface area contributed by atoms with E-state index in [1.165, 1.54) is 0 Å². The van der Waals surface area contributed by atoms with Crippen LogP contribution in [0.25, 0.3) is 12.2 Å². The first-order valence-electron chi connectivity index (χ1n) is 5.14. The Labute approximate surface area is 93.8 Å². The lowest BCUT2D eigenvalue weighted by molar-refractivity contribution is 0.403. The summed E-state index contributed by atoms with van der Waals surface area (Å²) in [6.07, 6.45) is 4.44. The maximum atomic E-state index is 5.67. The summed E-state index contributed by atoms with van der Waals surface area (Å²) in [6, 6.07) is 7.59. The molecule has 1 aromatic carbocycles. The molecular formula is C12H13N3O. The van der Waals surface area contributed by atoms with Crippen molar-refractivity contribution in [3.8, 4) is 0 Å². The van der Waals surface area contributed by atoms with Crippen LogP contribution in [0.3, 0.4) is 0 Å². The molecule has 2 N–H and O–H groups in total. The van der Waals surface area contributed by atoms with Crippen molar-refractivity contribution < 1.29 is 4.52 Å². The Kier molecular flexibility index (Phi) is 3.00. The number of nitrogens with two attached hydrogens (primary N) is 1. The molecule has 2 aromatic rings. The van der Waals surface area contributed by atoms with Gasteiger partial charge in [0.25, 0.3) is 5.89 Å². The minimum Gasteiger partial charge on any atom is -0.399 e. The van der Waals surface area contributed by atoms with Crippen LogP contribution in [0.4, 0.5) is 5.69 Å². The van der Waals surface area contributed by atoms with Gasteiger partial charge in [-0.15, -0.1) is 0 Å². The molecule has 0 spiro atoms. The number of nitrogens with zero attached hydrogens (tertiary/aromatic N) is 2. The van der Waals surface area contributed by atoms with Crippen molar-refractivity contribution in [2.45, 2.75) is 13.3 Å². The monoisotopic (exact) mass is 215 g/mol. The van der Waals surface area contributed by atoms with Crippen LogP contribution in [0.1, 0.15) is 24.2 Å². The Morgan fingerprint density at radius 3 is 2.94 bits per heavy atom. The van der Waals surface area contributed by atoms with Gasteiger partial charge in [0.2, 0.25) is 0 Å². The molecule has 0 saturated heterocycles. The minimum atomic E-state index is 0.513. The van der Waals surface area contributed by atoms with E-state index in [1.54, 1.807) is 6.08 Å². The summed E-state index contributed by atoms with van der Waals surface area (Å²) in [5, 5.41) is 3.80. The SMILES string of the molecule is CCc1noc(/C=C/c2cccc(N)c2)n1. The highest BCUT2D eigenvalue weighted by Crippen LogP contribution is 2.10. The first kappa shape index (κ1) is 10.4. The molecule has 0 saturated carbocycles. The Bertz CT molecular complexity index is 502. The molecule has 0 radical (unpaired) electrons. The third-order valence-electron chi connectivity index (χ3n) is 2.13. The van der Waals surface area contributed by atoms with Crippen molar-refractivity contribution in [1.82, 2.24) is 10.1 Å². The summed E-state index contributed by atoms with van der Waals surface area (Å²) in [7, 11) is 0. The largest absolute Gasteiger partial charge is 0.399 e. The lowest BCUT2D eigenvalue weighted by Crippen LogP contribution is -1.83. The zero-order valence-corrected chi connectivity index (χ0v) is 9.05. The van der Waals surface area contributed by atoms with Gasteiger partial charge < -0.3 is 10.3 Å². The Hall–Kier alpha value is -2.10. The maximum Gasteiger partial charge on any atom is 0.250 e. The lowest BCUT2D eigenvalue weighted by Gasteiger charge is -1.93. The highest BCUT2D eigenvalue weighted by Gasteiger charge is 1.99. The molecule has 0 fully saturated rings. The number of rotatable bonds is 3. The van der Waals surface area contributed by atoms with Gasteiger partial charge in [0.15, 0.2) is 5.82 Å². The van der Waals surface area contributed by atoms with E-state index in [1.807, 2.05) is 37.3 Å². The topological polar surface area (TPSA) is 64.9 Å². The first-order chi connectivity index (χ1) is 7.78. The fraction of sp³-hybridized carbons (Fsp3) is 0.167. The second-order valence-corrected chi connectivity index (χ2v) is 3.41. The Morgan fingerprint density at radius 1 is 1.38 bits per heavy atom. The summed E-state index contributed by atoms with van der Waals surface area (Å²) < 4.78 is 5.03. The van der Waals surface area contributed by atoms with E-state index in [-0.39, 0.29) is 0 Å². The van der Waals surface area contributed by atoms with E-state index in [9.17, 15) is 0 Å². The Balaban J connectivity index is 2.14. The summed E-state index contributed by atoms with van der Waals surface area (Å²) in [6.45, 7) is 1.98. The van der Waals surface area contributed by atoms with Crippen LogP contribution < -0.4 is 5.73 Å². The van der Waals surface area contributed by atoms with E-state index in [0.29, 0.717) is 11.7 Å². The van der Waals surface area contributed by atoms with E-state index >= 15 is 0 Å². The molecule has 2 rings (SSSR count). The third kappa shape index (κ3) is 2.48. The fourth-order valence-corrected chi connectivity index (χ4v) is 1.31. The summed E-state index contributed by atoms with van der Waals surface area (Å²) in [5.41, 5.74) is 7.42. The van der Waals surface area contributed by atoms with Gasteiger partial charge in [-0.25, -0.2) is 0 Å². The van der Waals surface area contributed by atoms with E-state index in [0.717, 1.165) is 17.7 Å². The van der Waals surface area contributed by atoms with Gasteiger partial charge >= 0.3 is 0 Å². The van der Waals surface area contributed by atoms with Gasteiger partial charge in [0, 0.05) is 18.2 Å². The van der Waals surface area contributed by atoms with Crippen LogP contribution in [0.5, 0.6) is 0 Å². The van der Waals surface area contributed by atoms with Gasteiger partial charge in [0.1, 0.15) is 0 Å². The van der Waals surface area contributed by atoms with Crippen LogP contribution in [0.15, 0.2) is 28.8 Å². The number of anilines is 1. The highest BCUT2D eigenvalue weighted by molar-refractivity contribution is 5.67. The molecule has 4 nitrogen and oxygen atoms in total. The zero-order chi connectivity index (χ0) is 11.4. The number of aromatic nitrogens is 2. The second-order valence-electron chi connectivity index (χ2n) is 3.41. The van der Waals surface area contributed by atoms with Gasteiger partial charge in [-0.3, -0.25) is 0 Å². The van der Waals surface area contributed by atoms with Gasteiger partial charge in [0.05, 0.1) is 0 Å². The third-order valence-corrected chi connectivity index (χ3v) is 2.13. The quantitative estimate of drug-likeness (QED) is 0.798. The lowest BCUT2D eigenvalue weighted by atomic mass is 10.2. The van der Waals surface area contributed by atoms with E-state index in [2.05, 4.69) is 10.1 Å². The van der Waals surface area contributed by atoms with Crippen molar-refractivity contribution in [1.29, 1.82) is 0 Å².